The Hall–Kier alpha value is -2.60. The van der Waals surface area contributed by atoms with Crippen molar-refractivity contribution in [3.63, 3.8) is 0 Å². The number of hydrogen-bond acceptors (Lipinski definition) is 4. The van der Waals surface area contributed by atoms with E-state index in [1.165, 1.54) is 17.2 Å². The van der Waals surface area contributed by atoms with Gasteiger partial charge in [-0.25, -0.2) is 4.98 Å². The standard InChI is InChI=1S/C19H18ClN3O3/c1-12-6-7-22(8-12)16(24)9-23-11-21-18-17(19(23)25)15(10-26-18)13-2-4-14(20)5-3-13/h2-5,10-12H,6-9H2,1H3. The van der Waals surface area contributed by atoms with Crippen molar-refractivity contribution in [1.29, 1.82) is 0 Å². The second kappa shape index (κ2) is 6.61. The first-order chi connectivity index (χ1) is 12.5. The third-order valence-electron chi connectivity index (χ3n) is 4.80. The molecule has 1 saturated heterocycles. The molecule has 0 bridgehead atoms. The van der Waals surface area contributed by atoms with Crippen LogP contribution in [0.3, 0.4) is 0 Å². The van der Waals surface area contributed by atoms with Gasteiger partial charge in [0, 0.05) is 23.7 Å². The predicted octanol–water partition coefficient (Wildman–Crippen LogP) is 3.18. The molecule has 1 aromatic carbocycles. The lowest BCUT2D eigenvalue weighted by Crippen LogP contribution is -2.35. The van der Waals surface area contributed by atoms with E-state index in [-0.39, 0.29) is 23.7 Å². The number of likely N-dealkylation sites (tertiary alicyclic amines) is 1. The third-order valence-corrected chi connectivity index (χ3v) is 5.05. The van der Waals surface area contributed by atoms with E-state index in [1.54, 1.807) is 17.0 Å². The molecule has 1 aliphatic rings. The minimum absolute atomic E-state index is 0.0142. The molecule has 0 spiro atoms. The molecule has 1 unspecified atom stereocenters. The Bertz CT molecular complexity index is 1020. The van der Waals surface area contributed by atoms with Crippen LogP contribution in [0.2, 0.25) is 5.02 Å². The first kappa shape index (κ1) is 16.8. The van der Waals surface area contributed by atoms with Gasteiger partial charge in [-0.2, -0.15) is 0 Å². The van der Waals surface area contributed by atoms with E-state index >= 15 is 0 Å². The fourth-order valence-electron chi connectivity index (χ4n) is 3.33. The molecule has 134 valence electrons. The Labute approximate surface area is 155 Å². The molecule has 0 saturated carbocycles. The number of carbonyl (C=O) groups excluding carboxylic acids is 1. The van der Waals surface area contributed by atoms with Gasteiger partial charge in [-0.3, -0.25) is 14.2 Å². The normalized spacial score (nSPS) is 17.2. The predicted molar refractivity (Wildman–Crippen MR) is 99.1 cm³/mol. The smallest absolute Gasteiger partial charge is 0.265 e. The molecule has 6 nitrogen and oxygen atoms in total. The van der Waals surface area contributed by atoms with Crippen molar-refractivity contribution in [2.24, 2.45) is 5.92 Å². The Morgan fingerprint density at radius 1 is 1.35 bits per heavy atom. The van der Waals surface area contributed by atoms with Gasteiger partial charge in [0.05, 0.1) is 0 Å². The maximum atomic E-state index is 12.9. The van der Waals surface area contributed by atoms with E-state index in [2.05, 4.69) is 11.9 Å². The van der Waals surface area contributed by atoms with Gasteiger partial charge in [-0.1, -0.05) is 30.7 Å². The van der Waals surface area contributed by atoms with Gasteiger partial charge in [0.2, 0.25) is 11.6 Å². The summed E-state index contributed by atoms with van der Waals surface area (Å²) in [4.78, 5) is 31.4. The minimum Gasteiger partial charge on any atom is -0.445 e. The molecule has 0 N–H and O–H groups in total. The van der Waals surface area contributed by atoms with E-state index in [0.29, 0.717) is 21.9 Å². The van der Waals surface area contributed by atoms with Crippen molar-refractivity contribution in [2.45, 2.75) is 19.9 Å². The van der Waals surface area contributed by atoms with Gasteiger partial charge in [-0.05, 0) is 30.0 Å². The van der Waals surface area contributed by atoms with Gasteiger partial charge >= 0.3 is 0 Å². The Kier molecular flexibility index (Phi) is 4.28. The van der Waals surface area contributed by atoms with Crippen molar-refractivity contribution < 1.29 is 9.21 Å². The highest BCUT2D eigenvalue weighted by Crippen LogP contribution is 2.28. The monoisotopic (exact) mass is 371 g/mol. The number of nitrogens with zero attached hydrogens (tertiary/aromatic N) is 3. The Morgan fingerprint density at radius 3 is 2.81 bits per heavy atom. The zero-order valence-electron chi connectivity index (χ0n) is 14.3. The number of halogens is 1. The summed E-state index contributed by atoms with van der Waals surface area (Å²) >= 11 is 5.93. The van der Waals surface area contributed by atoms with E-state index in [9.17, 15) is 9.59 Å². The molecule has 2 aromatic heterocycles. The summed E-state index contributed by atoms with van der Waals surface area (Å²) in [7, 11) is 0. The minimum atomic E-state index is -0.283. The molecule has 3 heterocycles. The fourth-order valence-corrected chi connectivity index (χ4v) is 3.46. The SMILES string of the molecule is CC1CCN(C(=O)Cn2cnc3occ(-c4ccc(Cl)cc4)c3c2=O)C1. The van der Waals surface area contributed by atoms with Crippen LogP contribution in [0.25, 0.3) is 22.2 Å². The second-order valence-electron chi connectivity index (χ2n) is 6.75. The molecular weight excluding hydrogens is 354 g/mol. The van der Waals surface area contributed by atoms with Gasteiger partial charge in [0.1, 0.15) is 24.5 Å². The van der Waals surface area contributed by atoms with E-state index < -0.39 is 0 Å². The lowest BCUT2D eigenvalue weighted by atomic mass is 10.1. The highest BCUT2D eigenvalue weighted by atomic mass is 35.5. The molecule has 3 aromatic rings. The number of rotatable bonds is 3. The average Bonchev–Trinajstić information content (AvgIpc) is 3.25. The molecule has 4 rings (SSSR count). The summed E-state index contributed by atoms with van der Waals surface area (Å²) < 4.78 is 6.79. The number of fused-ring (bicyclic) bond motifs is 1. The number of amides is 1. The van der Waals surface area contributed by atoms with Crippen molar-refractivity contribution in [2.75, 3.05) is 13.1 Å². The molecular formula is C19H18ClN3O3. The lowest BCUT2D eigenvalue weighted by molar-refractivity contribution is -0.130. The first-order valence-electron chi connectivity index (χ1n) is 8.53. The van der Waals surface area contributed by atoms with Crippen LogP contribution < -0.4 is 5.56 Å². The summed E-state index contributed by atoms with van der Waals surface area (Å²) in [6, 6.07) is 7.14. The number of benzene rings is 1. The number of hydrogen-bond donors (Lipinski definition) is 0. The van der Waals surface area contributed by atoms with E-state index in [0.717, 1.165) is 25.1 Å². The largest absolute Gasteiger partial charge is 0.445 e. The molecule has 1 atom stereocenters. The maximum absolute atomic E-state index is 12.9. The average molecular weight is 372 g/mol. The highest BCUT2D eigenvalue weighted by Gasteiger charge is 2.24. The van der Waals surface area contributed by atoms with Crippen LogP contribution >= 0.6 is 11.6 Å². The van der Waals surface area contributed by atoms with Gasteiger partial charge in [0.25, 0.3) is 5.56 Å². The first-order valence-corrected chi connectivity index (χ1v) is 8.91. The van der Waals surface area contributed by atoms with Crippen LogP contribution in [0.15, 0.2) is 46.1 Å². The second-order valence-corrected chi connectivity index (χ2v) is 7.18. The molecule has 0 radical (unpaired) electrons. The van der Waals surface area contributed by atoms with Crippen molar-refractivity contribution in [3.8, 4) is 11.1 Å². The zero-order valence-corrected chi connectivity index (χ0v) is 15.1. The summed E-state index contributed by atoms with van der Waals surface area (Å²) in [5.74, 6) is 0.441. The number of carbonyl (C=O) groups is 1. The summed E-state index contributed by atoms with van der Waals surface area (Å²) in [6.07, 6.45) is 3.88. The van der Waals surface area contributed by atoms with E-state index in [1.807, 2.05) is 12.1 Å². The van der Waals surface area contributed by atoms with Crippen LogP contribution in [0.5, 0.6) is 0 Å². The molecule has 7 heteroatoms. The quantitative estimate of drug-likeness (QED) is 0.709. The topological polar surface area (TPSA) is 68.3 Å². The zero-order chi connectivity index (χ0) is 18.3. The van der Waals surface area contributed by atoms with Crippen molar-refractivity contribution >= 4 is 28.6 Å². The summed E-state index contributed by atoms with van der Waals surface area (Å²) in [5, 5.41) is 0.986. The van der Waals surface area contributed by atoms with E-state index in [4.69, 9.17) is 16.0 Å². The van der Waals surface area contributed by atoms with Crippen LogP contribution in [-0.4, -0.2) is 33.4 Å². The maximum Gasteiger partial charge on any atom is 0.265 e. The van der Waals surface area contributed by atoms with Crippen molar-refractivity contribution in [1.82, 2.24) is 14.5 Å². The summed E-state index contributed by atoms with van der Waals surface area (Å²) in [6.45, 7) is 3.59. The molecule has 1 aliphatic heterocycles. The van der Waals surface area contributed by atoms with Crippen LogP contribution in [-0.2, 0) is 11.3 Å². The van der Waals surface area contributed by atoms with Crippen LogP contribution in [0, 0.1) is 5.92 Å². The Balaban J connectivity index is 1.70. The Morgan fingerprint density at radius 2 is 2.12 bits per heavy atom. The summed E-state index contributed by atoms with van der Waals surface area (Å²) in [5.41, 5.74) is 1.43. The van der Waals surface area contributed by atoms with Crippen LogP contribution in [0.1, 0.15) is 13.3 Å². The number of furan rings is 1. The van der Waals surface area contributed by atoms with Crippen LogP contribution in [0.4, 0.5) is 0 Å². The fraction of sp³-hybridized carbons (Fsp3) is 0.316. The van der Waals surface area contributed by atoms with Crippen molar-refractivity contribution in [3.05, 3.63) is 52.2 Å². The third kappa shape index (κ3) is 3.01. The van der Waals surface area contributed by atoms with Gasteiger partial charge < -0.3 is 9.32 Å². The highest BCUT2D eigenvalue weighted by molar-refractivity contribution is 6.30. The molecule has 0 aliphatic carbocycles. The molecule has 1 fully saturated rings. The van der Waals surface area contributed by atoms with Gasteiger partial charge in [0.15, 0.2) is 0 Å². The van der Waals surface area contributed by atoms with Gasteiger partial charge in [-0.15, -0.1) is 0 Å². The molecule has 1 amide bonds. The molecule has 26 heavy (non-hydrogen) atoms. The lowest BCUT2D eigenvalue weighted by Gasteiger charge is -2.16. The number of aromatic nitrogens is 2.